The summed E-state index contributed by atoms with van der Waals surface area (Å²) in [5, 5.41) is 2.18. The van der Waals surface area contributed by atoms with Crippen LogP contribution in [0.5, 0.6) is 5.75 Å². The van der Waals surface area contributed by atoms with E-state index >= 15 is 0 Å². The second-order valence-electron chi connectivity index (χ2n) is 7.19. The number of ketones is 1. The Morgan fingerprint density at radius 1 is 1.03 bits per heavy atom. The summed E-state index contributed by atoms with van der Waals surface area (Å²) in [6, 6.07) is 15.9. The van der Waals surface area contributed by atoms with E-state index in [0.29, 0.717) is 23.7 Å². The van der Waals surface area contributed by atoms with Crippen LogP contribution < -0.4 is 15.0 Å². The van der Waals surface area contributed by atoms with E-state index < -0.39 is 17.8 Å². The van der Waals surface area contributed by atoms with Gasteiger partial charge in [0.2, 0.25) is 0 Å². The van der Waals surface area contributed by atoms with E-state index in [1.54, 1.807) is 67.6 Å². The standard InChI is InChI=1S/C25H20N2O6/c1-3-32-22-7-5-4-6-20(22)27-24(30)19(23(29)26-25(27)31)14-18-12-13-21(33-18)17-10-8-16(9-11-17)15(2)28/h4-14H,3H2,1-2H3,(H,26,29,31)/b19-14+. The van der Waals surface area contributed by atoms with Crippen LogP contribution in [0.2, 0.25) is 0 Å². The molecule has 1 aliphatic rings. The largest absolute Gasteiger partial charge is 0.492 e. The van der Waals surface area contributed by atoms with E-state index in [4.69, 9.17) is 9.15 Å². The maximum absolute atomic E-state index is 13.1. The summed E-state index contributed by atoms with van der Waals surface area (Å²) in [7, 11) is 0. The lowest BCUT2D eigenvalue weighted by Crippen LogP contribution is -2.54. The average Bonchev–Trinajstić information content (AvgIpc) is 3.26. The van der Waals surface area contributed by atoms with Crippen LogP contribution in [0.1, 0.15) is 30.0 Å². The second-order valence-corrected chi connectivity index (χ2v) is 7.19. The fourth-order valence-corrected chi connectivity index (χ4v) is 3.39. The van der Waals surface area contributed by atoms with Crippen molar-refractivity contribution < 1.29 is 28.3 Å². The molecule has 0 bridgehead atoms. The molecule has 0 radical (unpaired) electrons. The van der Waals surface area contributed by atoms with Gasteiger partial charge in [0, 0.05) is 11.1 Å². The van der Waals surface area contributed by atoms with Crippen molar-refractivity contribution in [1.82, 2.24) is 5.32 Å². The Morgan fingerprint density at radius 3 is 2.45 bits per heavy atom. The van der Waals surface area contributed by atoms with Crippen LogP contribution in [-0.4, -0.2) is 30.2 Å². The first kappa shape index (κ1) is 21.8. The van der Waals surface area contributed by atoms with Crippen molar-refractivity contribution in [3.63, 3.8) is 0 Å². The molecule has 0 saturated carbocycles. The molecule has 2 heterocycles. The van der Waals surface area contributed by atoms with Crippen molar-refractivity contribution in [2.75, 3.05) is 11.5 Å². The topological polar surface area (TPSA) is 106 Å². The average molecular weight is 444 g/mol. The molecule has 1 fully saturated rings. The van der Waals surface area contributed by atoms with E-state index in [9.17, 15) is 19.2 Å². The Kier molecular flexibility index (Phi) is 5.91. The van der Waals surface area contributed by atoms with Gasteiger partial charge in [-0.1, -0.05) is 36.4 Å². The number of anilines is 1. The molecule has 4 rings (SSSR count). The number of amides is 4. The summed E-state index contributed by atoms with van der Waals surface area (Å²) in [5.41, 5.74) is 1.28. The van der Waals surface area contributed by atoms with E-state index in [2.05, 4.69) is 5.32 Å². The molecule has 1 N–H and O–H groups in total. The van der Waals surface area contributed by atoms with E-state index in [-0.39, 0.29) is 22.8 Å². The van der Waals surface area contributed by atoms with Gasteiger partial charge in [-0.3, -0.25) is 19.7 Å². The second kappa shape index (κ2) is 8.96. The van der Waals surface area contributed by atoms with Crippen LogP contribution in [0.4, 0.5) is 10.5 Å². The Hall–Kier alpha value is -4.46. The van der Waals surface area contributed by atoms with Crippen molar-refractivity contribution in [2.24, 2.45) is 0 Å². The van der Waals surface area contributed by atoms with Crippen LogP contribution in [0, 0.1) is 0 Å². The highest BCUT2D eigenvalue weighted by Crippen LogP contribution is 2.31. The molecular formula is C25H20N2O6. The number of rotatable bonds is 6. The molecule has 0 unspecified atom stereocenters. The summed E-state index contributed by atoms with van der Waals surface area (Å²) in [4.78, 5) is 50.4. The van der Waals surface area contributed by atoms with Crippen LogP contribution >= 0.6 is 0 Å². The normalized spacial score (nSPS) is 15.0. The lowest BCUT2D eigenvalue weighted by molar-refractivity contribution is -0.122. The van der Waals surface area contributed by atoms with Gasteiger partial charge in [0.25, 0.3) is 11.8 Å². The van der Waals surface area contributed by atoms with Crippen molar-refractivity contribution >= 4 is 35.4 Å². The Morgan fingerprint density at radius 2 is 1.76 bits per heavy atom. The number of benzene rings is 2. The quantitative estimate of drug-likeness (QED) is 0.347. The van der Waals surface area contributed by atoms with Crippen molar-refractivity contribution in [3.05, 3.63) is 77.6 Å². The molecule has 4 amide bonds. The Bertz CT molecular complexity index is 1290. The number of hydrogen-bond acceptors (Lipinski definition) is 6. The molecule has 33 heavy (non-hydrogen) atoms. The van der Waals surface area contributed by atoms with Crippen molar-refractivity contribution in [1.29, 1.82) is 0 Å². The van der Waals surface area contributed by atoms with Crippen LogP contribution in [0.3, 0.4) is 0 Å². The fourth-order valence-electron chi connectivity index (χ4n) is 3.39. The van der Waals surface area contributed by atoms with Gasteiger partial charge in [-0.25, -0.2) is 9.69 Å². The molecule has 1 aromatic heterocycles. The smallest absolute Gasteiger partial charge is 0.336 e. The molecule has 2 aromatic carbocycles. The van der Waals surface area contributed by atoms with E-state index in [1.807, 2.05) is 0 Å². The van der Waals surface area contributed by atoms with E-state index in [0.717, 1.165) is 10.5 Å². The number of carbonyl (C=O) groups is 4. The lowest BCUT2D eigenvalue weighted by Gasteiger charge is -2.27. The number of barbiturate groups is 1. The van der Waals surface area contributed by atoms with Gasteiger partial charge in [-0.05, 0) is 44.2 Å². The first-order chi connectivity index (χ1) is 15.9. The summed E-state index contributed by atoms with van der Waals surface area (Å²) in [6.07, 6.45) is 1.29. The van der Waals surface area contributed by atoms with Gasteiger partial charge in [0.1, 0.15) is 22.8 Å². The number of imide groups is 2. The number of furan rings is 1. The molecule has 8 heteroatoms. The zero-order valence-corrected chi connectivity index (χ0v) is 18.0. The summed E-state index contributed by atoms with van der Waals surface area (Å²) in [6.45, 7) is 3.61. The predicted octanol–water partition coefficient (Wildman–Crippen LogP) is 4.21. The van der Waals surface area contributed by atoms with E-state index in [1.165, 1.54) is 13.0 Å². The molecular weight excluding hydrogens is 424 g/mol. The van der Waals surface area contributed by atoms with Crippen LogP contribution in [-0.2, 0) is 9.59 Å². The Balaban J connectivity index is 1.65. The molecule has 1 aliphatic heterocycles. The molecule has 1 saturated heterocycles. The lowest BCUT2D eigenvalue weighted by atomic mass is 10.1. The van der Waals surface area contributed by atoms with Crippen LogP contribution in [0.25, 0.3) is 17.4 Å². The zero-order valence-electron chi connectivity index (χ0n) is 18.0. The SMILES string of the molecule is CCOc1ccccc1N1C(=O)NC(=O)/C(=C\c2ccc(-c3ccc(C(C)=O)cc3)o2)C1=O. The molecule has 166 valence electrons. The first-order valence-electron chi connectivity index (χ1n) is 10.2. The van der Waals surface area contributed by atoms with Gasteiger partial charge in [-0.15, -0.1) is 0 Å². The number of para-hydroxylation sites is 2. The highest BCUT2D eigenvalue weighted by atomic mass is 16.5. The third kappa shape index (κ3) is 4.31. The van der Waals surface area contributed by atoms with Gasteiger partial charge in [-0.2, -0.15) is 0 Å². The van der Waals surface area contributed by atoms with Gasteiger partial charge < -0.3 is 9.15 Å². The number of nitrogens with zero attached hydrogens (tertiary/aromatic N) is 1. The molecule has 0 aliphatic carbocycles. The maximum atomic E-state index is 13.1. The van der Waals surface area contributed by atoms with Gasteiger partial charge in [0.15, 0.2) is 5.78 Å². The van der Waals surface area contributed by atoms with Crippen molar-refractivity contribution in [3.8, 4) is 17.1 Å². The number of carbonyl (C=O) groups excluding carboxylic acids is 4. The predicted molar refractivity (Wildman–Crippen MR) is 121 cm³/mol. The minimum Gasteiger partial charge on any atom is -0.492 e. The maximum Gasteiger partial charge on any atom is 0.336 e. The molecule has 0 spiro atoms. The highest BCUT2D eigenvalue weighted by molar-refractivity contribution is 6.39. The van der Waals surface area contributed by atoms with Crippen molar-refractivity contribution in [2.45, 2.75) is 13.8 Å². The number of ether oxygens (including phenoxy) is 1. The summed E-state index contributed by atoms with van der Waals surface area (Å²) in [5.74, 6) is -0.565. The third-order valence-corrected chi connectivity index (χ3v) is 5.00. The number of hydrogen-bond donors (Lipinski definition) is 1. The van der Waals surface area contributed by atoms with Crippen LogP contribution in [0.15, 0.2) is 70.7 Å². The van der Waals surface area contributed by atoms with Gasteiger partial charge in [0.05, 0.1) is 12.3 Å². The fraction of sp³-hybridized carbons (Fsp3) is 0.120. The first-order valence-corrected chi connectivity index (χ1v) is 10.2. The zero-order chi connectivity index (χ0) is 23.5. The molecule has 8 nitrogen and oxygen atoms in total. The third-order valence-electron chi connectivity index (χ3n) is 5.00. The number of nitrogens with one attached hydrogen (secondary N) is 1. The monoisotopic (exact) mass is 444 g/mol. The number of urea groups is 1. The summed E-state index contributed by atoms with van der Waals surface area (Å²) < 4.78 is 11.3. The minimum atomic E-state index is -0.861. The Labute approximate surface area is 189 Å². The number of Topliss-reactive ketones (excluding diaryl/α,β-unsaturated/α-hetero) is 1. The minimum absolute atomic E-state index is 0.0433. The summed E-state index contributed by atoms with van der Waals surface area (Å²) >= 11 is 0. The molecule has 0 atom stereocenters. The van der Waals surface area contributed by atoms with Gasteiger partial charge >= 0.3 is 6.03 Å². The molecule has 3 aromatic rings. The highest BCUT2D eigenvalue weighted by Gasteiger charge is 2.38.